The maximum Gasteiger partial charge on any atom is 0.198 e. The Bertz CT molecular complexity index is 293. The van der Waals surface area contributed by atoms with Crippen molar-refractivity contribution in [3.05, 3.63) is 22.4 Å². The fourth-order valence-corrected chi connectivity index (χ4v) is 1.34. The Labute approximate surface area is 84.6 Å². The van der Waals surface area contributed by atoms with Gasteiger partial charge in [-0.3, -0.25) is 0 Å². The highest BCUT2D eigenvalue weighted by Gasteiger charge is 2.09. The number of aliphatic hydroxyl groups excluding tert-OH is 1. The average molecular weight is 248 g/mol. The molecule has 1 unspecified atom stereocenters. The molecule has 0 amide bonds. The summed E-state index contributed by atoms with van der Waals surface area (Å²) in [5.74, 6) is 0.618. The van der Waals surface area contributed by atoms with Crippen LogP contribution in [0.15, 0.2) is 16.7 Å². The molecule has 72 valence electrons. The van der Waals surface area contributed by atoms with Gasteiger partial charge in [0.1, 0.15) is 4.60 Å². The summed E-state index contributed by atoms with van der Waals surface area (Å²) in [7, 11) is 2.96. The Balaban J connectivity index is 2.95. The molecule has 0 radical (unpaired) electrons. The van der Waals surface area contributed by atoms with E-state index in [1.54, 1.807) is 19.2 Å². The molecule has 0 aliphatic heterocycles. The molecule has 0 saturated heterocycles. The van der Waals surface area contributed by atoms with E-state index in [0.29, 0.717) is 16.0 Å². The summed E-state index contributed by atoms with van der Waals surface area (Å²) in [6.07, 6.45) is -0.998. The minimum Gasteiger partial charge on any atom is -0.494 e. The zero-order valence-corrected chi connectivity index (χ0v) is 8.91. The van der Waals surface area contributed by atoms with Crippen LogP contribution in [0.25, 0.3) is 0 Å². The molecule has 0 fully saturated rings. The maximum atomic E-state index is 9.27. The normalized spacial score (nSPS) is 12.6. The monoisotopic (exact) mass is 247 g/mol. The van der Waals surface area contributed by atoms with Crippen molar-refractivity contribution in [1.29, 1.82) is 0 Å². The van der Waals surface area contributed by atoms with Gasteiger partial charge in [-0.1, -0.05) is 0 Å². The van der Waals surface area contributed by atoms with E-state index in [1.807, 2.05) is 0 Å². The molecular weight excluding hydrogens is 238 g/mol. The fourth-order valence-electron chi connectivity index (χ4n) is 0.846. The first-order valence-corrected chi connectivity index (χ1v) is 4.39. The van der Waals surface area contributed by atoms with Gasteiger partial charge < -0.3 is 14.6 Å². The number of aliphatic hydroxyl groups is 1. The van der Waals surface area contributed by atoms with Gasteiger partial charge in [0.2, 0.25) is 0 Å². The summed E-state index contributed by atoms with van der Waals surface area (Å²) >= 11 is 3.20. The topological polar surface area (TPSA) is 51.6 Å². The Hall–Kier alpha value is -0.650. The number of hydrogen-bond acceptors (Lipinski definition) is 4. The van der Waals surface area contributed by atoms with Crippen LogP contribution < -0.4 is 4.74 Å². The number of ether oxygens (including phenoxy) is 2. The number of halogens is 1. The quantitative estimate of drug-likeness (QED) is 0.650. The van der Waals surface area contributed by atoms with E-state index in [4.69, 9.17) is 9.47 Å². The first-order valence-electron chi connectivity index (χ1n) is 3.60. The molecule has 4 nitrogen and oxygen atoms in total. The van der Waals surface area contributed by atoms with Crippen LogP contribution in [0.3, 0.4) is 0 Å². The highest BCUT2D eigenvalue weighted by molar-refractivity contribution is 9.10. The van der Waals surface area contributed by atoms with Crippen molar-refractivity contribution in [2.45, 2.75) is 6.29 Å². The molecule has 0 saturated carbocycles. The van der Waals surface area contributed by atoms with E-state index in [-0.39, 0.29) is 0 Å². The average Bonchev–Trinajstić information content (AvgIpc) is 2.16. The molecule has 1 aromatic heterocycles. The van der Waals surface area contributed by atoms with Crippen molar-refractivity contribution in [2.75, 3.05) is 14.2 Å². The molecule has 13 heavy (non-hydrogen) atoms. The van der Waals surface area contributed by atoms with Gasteiger partial charge in [-0.05, 0) is 28.1 Å². The highest BCUT2D eigenvalue weighted by Crippen LogP contribution is 2.24. The molecule has 0 spiro atoms. The lowest BCUT2D eigenvalue weighted by Crippen LogP contribution is -2.02. The molecule has 1 atom stereocenters. The molecule has 1 aromatic rings. The molecule has 5 heteroatoms. The van der Waals surface area contributed by atoms with E-state index < -0.39 is 6.29 Å². The van der Waals surface area contributed by atoms with Crippen LogP contribution >= 0.6 is 15.9 Å². The molecule has 1 N–H and O–H groups in total. The van der Waals surface area contributed by atoms with Gasteiger partial charge in [0.15, 0.2) is 12.0 Å². The summed E-state index contributed by atoms with van der Waals surface area (Å²) in [6, 6.07) is 3.34. The van der Waals surface area contributed by atoms with Gasteiger partial charge in [-0.15, -0.1) is 0 Å². The van der Waals surface area contributed by atoms with Gasteiger partial charge in [0.25, 0.3) is 0 Å². The molecule has 0 aliphatic rings. The van der Waals surface area contributed by atoms with E-state index >= 15 is 0 Å². The third-order valence-corrected chi connectivity index (χ3v) is 2.10. The van der Waals surface area contributed by atoms with Gasteiger partial charge in [-0.2, -0.15) is 0 Å². The minimum atomic E-state index is -0.998. The SMILES string of the molecule is COc1ccc(C(O)OC)nc1Br. The van der Waals surface area contributed by atoms with Crippen LogP contribution in [0.4, 0.5) is 0 Å². The van der Waals surface area contributed by atoms with Crippen LogP contribution in [-0.4, -0.2) is 24.3 Å². The van der Waals surface area contributed by atoms with Crippen LogP contribution in [0, 0.1) is 0 Å². The Kier molecular flexibility index (Phi) is 3.65. The van der Waals surface area contributed by atoms with E-state index in [1.165, 1.54) is 7.11 Å². The largest absolute Gasteiger partial charge is 0.494 e. The van der Waals surface area contributed by atoms with Crippen molar-refractivity contribution in [3.8, 4) is 5.75 Å². The number of pyridine rings is 1. The molecule has 1 heterocycles. The lowest BCUT2D eigenvalue weighted by atomic mass is 10.3. The van der Waals surface area contributed by atoms with E-state index in [0.717, 1.165) is 0 Å². The second-order valence-corrected chi connectivity index (χ2v) is 3.07. The van der Waals surface area contributed by atoms with Gasteiger partial charge in [0.05, 0.1) is 12.8 Å². The minimum absolute atomic E-state index is 0.440. The lowest BCUT2D eigenvalue weighted by molar-refractivity contribution is -0.0799. The maximum absolute atomic E-state index is 9.27. The number of hydrogen-bond donors (Lipinski definition) is 1. The Morgan fingerprint density at radius 1 is 1.46 bits per heavy atom. The standard InChI is InChI=1S/C8H10BrNO3/c1-12-6-4-3-5(8(11)13-2)10-7(6)9/h3-4,8,11H,1-2H3. The Morgan fingerprint density at radius 3 is 2.62 bits per heavy atom. The third kappa shape index (κ3) is 2.40. The van der Waals surface area contributed by atoms with Crippen LogP contribution in [0.2, 0.25) is 0 Å². The molecule has 0 aliphatic carbocycles. The summed E-state index contributed by atoms with van der Waals surface area (Å²) in [6.45, 7) is 0. The third-order valence-electron chi connectivity index (χ3n) is 1.53. The van der Waals surface area contributed by atoms with Crippen LogP contribution in [0.5, 0.6) is 5.75 Å². The summed E-state index contributed by atoms with van der Waals surface area (Å²) in [4.78, 5) is 4.03. The second kappa shape index (κ2) is 4.55. The molecule has 1 rings (SSSR count). The van der Waals surface area contributed by atoms with Gasteiger partial charge in [-0.25, -0.2) is 4.98 Å². The van der Waals surface area contributed by atoms with Crippen molar-refractivity contribution in [3.63, 3.8) is 0 Å². The van der Waals surface area contributed by atoms with Crippen molar-refractivity contribution >= 4 is 15.9 Å². The van der Waals surface area contributed by atoms with Gasteiger partial charge >= 0.3 is 0 Å². The van der Waals surface area contributed by atoms with Gasteiger partial charge in [0, 0.05) is 7.11 Å². The molecule has 0 aromatic carbocycles. The van der Waals surface area contributed by atoms with Crippen molar-refractivity contribution in [2.24, 2.45) is 0 Å². The summed E-state index contributed by atoms with van der Waals surface area (Å²) in [5.41, 5.74) is 0.440. The lowest BCUT2D eigenvalue weighted by Gasteiger charge is -2.09. The first kappa shape index (κ1) is 10.4. The predicted molar refractivity (Wildman–Crippen MR) is 50.5 cm³/mol. The first-order chi connectivity index (χ1) is 6.19. The predicted octanol–water partition coefficient (Wildman–Crippen LogP) is 1.49. The summed E-state index contributed by atoms with van der Waals surface area (Å²) in [5, 5.41) is 9.27. The van der Waals surface area contributed by atoms with Crippen LogP contribution in [0.1, 0.15) is 12.0 Å². The number of methoxy groups -OCH3 is 2. The fraction of sp³-hybridized carbons (Fsp3) is 0.375. The number of aromatic nitrogens is 1. The van der Waals surface area contributed by atoms with E-state index in [2.05, 4.69) is 20.9 Å². The number of rotatable bonds is 3. The second-order valence-electron chi connectivity index (χ2n) is 2.32. The molecule has 0 bridgehead atoms. The van der Waals surface area contributed by atoms with Crippen molar-refractivity contribution in [1.82, 2.24) is 4.98 Å². The number of nitrogens with zero attached hydrogens (tertiary/aromatic N) is 1. The summed E-state index contributed by atoms with van der Waals surface area (Å²) < 4.78 is 10.2. The Morgan fingerprint density at radius 2 is 2.15 bits per heavy atom. The van der Waals surface area contributed by atoms with E-state index in [9.17, 15) is 5.11 Å². The zero-order valence-electron chi connectivity index (χ0n) is 7.32. The van der Waals surface area contributed by atoms with Crippen LogP contribution in [-0.2, 0) is 4.74 Å². The smallest absolute Gasteiger partial charge is 0.198 e. The highest BCUT2D eigenvalue weighted by atomic mass is 79.9. The molecular formula is C8H10BrNO3. The van der Waals surface area contributed by atoms with Crippen molar-refractivity contribution < 1.29 is 14.6 Å². The zero-order chi connectivity index (χ0) is 9.84.